The Hall–Kier alpha value is -0.820. The number of hydrogen-bond acceptors (Lipinski definition) is 1. The Balaban J connectivity index is 3.26. The van der Waals surface area contributed by atoms with Gasteiger partial charge in [-0.05, 0) is 13.3 Å². The second kappa shape index (κ2) is 8.18. The van der Waals surface area contributed by atoms with Gasteiger partial charge in [-0.1, -0.05) is 36.5 Å². The van der Waals surface area contributed by atoms with Crippen LogP contribution in [0.3, 0.4) is 0 Å². The Morgan fingerprint density at radius 2 is 1.90 bits per heavy atom. The van der Waals surface area contributed by atoms with Crippen LogP contribution in [0.2, 0.25) is 0 Å². The van der Waals surface area contributed by atoms with Crippen LogP contribution in [0, 0.1) is 0 Å². The molecule has 0 radical (unpaired) electrons. The van der Waals surface area contributed by atoms with Gasteiger partial charge in [0.1, 0.15) is 0 Å². The first-order chi connectivity index (χ1) is 4.91. The molecule has 1 heteroatoms. The van der Waals surface area contributed by atoms with Gasteiger partial charge < -0.3 is 5.11 Å². The normalized spacial score (nSPS) is 12.6. The first-order valence-corrected chi connectivity index (χ1v) is 3.45. The lowest BCUT2D eigenvalue weighted by atomic mass is 10.3. The topological polar surface area (TPSA) is 20.2 Å². The molecular weight excluding hydrogens is 124 g/mol. The number of rotatable bonds is 4. The molecule has 0 bridgehead atoms. The summed E-state index contributed by atoms with van der Waals surface area (Å²) in [4.78, 5) is 0. The van der Waals surface area contributed by atoms with Crippen LogP contribution in [0.4, 0.5) is 0 Å². The van der Waals surface area contributed by atoms with Crippen molar-refractivity contribution >= 4 is 0 Å². The highest BCUT2D eigenvalue weighted by Crippen LogP contribution is 1.85. The molecule has 0 rings (SSSR count). The Bertz CT molecular complexity index is 132. The van der Waals surface area contributed by atoms with Gasteiger partial charge in [0.05, 0.1) is 6.61 Å². The first kappa shape index (κ1) is 9.18. The maximum absolute atomic E-state index is 8.34. The van der Waals surface area contributed by atoms with Gasteiger partial charge in [-0.3, -0.25) is 0 Å². The highest BCUT2D eigenvalue weighted by Gasteiger charge is 1.67. The minimum Gasteiger partial charge on any atom is -0.392 e. The van der Waals surface area contributed by atoms with Crippen LogP contribution in [-0.2, 0) is 0 Å². The fraction of sp³-hybridized carbons (Fsp3) is 0.333. The summed E-state index contributed by atoms with van der Waals surface area (Å²) in [5, 5.41) is 8.34. The lowest BCUT2D eigenvalue weighted by molar-refractivity contribution is 0.342. The van der Waals surface area contributed by atoms with Crippen molar-refractivity contribution in [2.45, 2.75) is 13.3 Å². The predicted molar refractivity (Wildman–Crippen MR) is 44.8 cm³/mol. The van der Waals surface area contributed by atoms with E-state index in [9.17, 15) is 0 Å². The van der Waals surface area contributed by atoms with E-state index in [0.29, 0.717) is 0 Å². The maximum atomic E-state index is 8.34. The summed E-state index contributed by atoms with van der Waals surface area (Å²) in [5.41, 5.74) is 0. The molecule has 0 heterocycles. The minimum atomic E-state index is 0.136. The van der Waals surface area contributed by atoms with Gasteiger partial charge in [0.2, 0.25) is 0 Å². The Kier molecular flexibility index (Phi) is 7.51. The van der Waals surface area contributed by atoms with E-state index >= 15 is 0 Å². The highest BCUT2D eigenvalue weighted by atomic mass is 16.2. The smallest absolute Gasteiger partial charge is 0.0612 e. The van der Waals surface area contributed by atoms with Gasteiger partial charge >= 0.3 is 0 Å². The summed E-state index contributed by atoms with van der Waals surface area (Å²) in [5.74, 6) is 0. The molecule has 0 atom stereocenters. The number of allylic oxidation sites excluding steroid dienone is 5. The van der Waals surface area contributed by atoms with Crippen molar-refractivity contribution in [2.75, 3.05) is 6.61 Å². The van der Waals surface area contributed by atoms with Crippen LogP contribution in [-0.4, -0.2) is 11.7 Å². The largest absolute Gasteiger partial charge is 0.392 e. The van der Waals surface area contributed by atoms with Gasteiger partial charge in [-0.25, -0.2) is 0 Å². The van der Waals surface area contributed by atoms with Crippen LogP contribution in [0.5, 0.6) is 0 Å². The molecule has 1 N–H and O–H groups in total. The molecule has 0 saturated heterocycles. The Morgan fingerprint density at radius 1 is 1.10 bits per heavy atom. The maximum Gasteiger partial charge on any atom is 0.0612 e. The average molecular weight is 138 g/mol. The second-order valence-electron chi connectivity index (χ2n) is 1.84. The van der Waals surface area contributed by atoms with Crippen molar-refractivity contribution in [1.82, 2.24) is 0 Å². The molecule has 0 saturated carbocycles. The average Bonchev–Trinajstić information content (AvgIpc) is 1.97. The first-order valence-electron chi connectivity index (χ1n) is 3.45. The number of hydrogen-bond donors (Lipinski definition) is 1. The zero-order valence-electron chi connectivity index (χ0n) is 6.33. The van der Waals surface area contributed by atoms with Crippen LogP contribution < -0.4 is 0 Å². The third kappa shape index (κ3) is 7.18. The van der Waals surface area contributed by atoms with Gasteiger partial charge in [0.15, 0.2) is 0 Å². The summed E-state index contributed by atoms with van der Waals surface area (Å²) < 4.78 is 0. The molecule has 0 unspecified atom stereocenters. The number of aliphatic hydroxyl groups excluding tert-OH is 1. The molecule has 0 fully saturated rings. The molecule has 0 aliphatic rings. The quantitative estimate of drug-likeness (QED) is 0.465. The van der Waals surface area contributed by atoms with Crippen molar-refractivity contribution in [2.24, 2.45) is 0 Å². The standard InChI is InChI=1S/C9H14O/c1-2-3-4-5-6-7-8-9-10/h2-5,7-8,10H,6,9H2,1H3/b3-2+,5-4+,8-7+. The summed E-state index contributed by atoms with van der Waals surface area (Å²) in [6, 6.07) is 0. The summed E-state index contributed by atoms with van der Waals surface area (Å²) >= 11 is 0. The fourth-order valence-corrected chi connectivity index (χ4v) is 0.518. The lowest BCUT2D eigenvalue weighted by Gasteiger charge is -1.78. The van der Waals surface area contributed by atoms with E-state index in [0.717, 1.165) is 6.42 Å². The summed E-state index contributed by atoms with van der Waals surface area (Å²) in [7, 11) is 0. The molecule has 0 aromatic heterocycles. The van der Waals surface area contributed by atoms with E-state index in [4.69, 9.17) is 5.11 Å². The molecule has 0 spiro atoms. The Labute approximate surface area is 62.4 Å². The van der Waals surface area contributed by atoms with Gasteiger partial charge in [-0.15, -0.1) is 0 Å². The zero-order valence-corrected chi connectivity index (χ0v) is 6.33. The lowest BCUT2D eigenvalue weighted by Crippen LogP contribution is -1.68. The van der Waals surface area contributed by atoms with Gasteiger partial charge in [0, 0.05) is 0 Å². The van der Waals surface area contributed by atoms with E-state index in [-0.39, 0.29) is 6.61 Å². The molecular formula is C9H14O. The van der Waals surface area contributed by atoms with E-state index in [2.05, 4.69) is 0 Å². The molecule has 56 valence electrons. The minimum absolute atomic E-state index is 0.136. The summed E-state index contributed by atoms with van der Waals surface area (Å²) in [6.45, 7) is 2.12. The predicted octanol–water partition coefficient (Wildman–Crippen LogP) is 2.06. The molecule has 0 aromatic rings. The fourth-order valence-electron chi connectivity index (χ4n) is 0.518. The molecule has 1 nitrogen and oxygen atoms in total. The van der Waals surface area contributed by atoms with E-state index in [1.165, 1.54) is 0 Å². The molecule has 0 aliphatic carbocycles. The molecule has 0 aromatic carbocycles. The third-order valence-corrected chi connectivity index (χ3v) is 0.984. The van der Waals surface area contributed by atoms with Crippen molar-refractivity contribution in [3.63, 3.8) is 0 Å². The molecule has 0 aliphatic heterocycles. The van der Waals surface area contributed by atoms with Crippen molar-refractivity contribution in [3.05, 3.63) is 36.5 Å². The van der Waals surface area contributed by atoms with E-state index in [1.807, 2.05) is 37.3 Å². The van der Waals surface area contributed by atoms with Crippen molar-refractivity contribution < 1.29 is 5.11 Å². The van der Waals surface area contributed by atoms with Gasteiger partial charge in [0.25, 0.3) is 0 Å². The highest BCUT2D eigenvalue weighted by molar-refractivity contribution is 5.03. The van der Waals surface area contributed by atoms with E-state index < -0.39 is 0 Å². The SMILES string of the molecule is C/C=C/C=C/C/C=C/CO. The number of aliphatic hydroxyl groups is 1. The zero-order chi connectivity index (χ0) is 7.66. The Morgan fingerprint density at radius 3 is 2.50 bits per heavy atom. The third-order valence-electron chi connectivity index (χ3n) is 0.984. The van der Waals surface area contributed by atoms with Crippen molar-refractivity contribution in [3.8, 4) is 0 Å². The van der Waals surface area contributed by atoms with Crippen LogP contribution in [0.15, 0.2) is 36.5 Å². The molecule has 10 heavy (non-hydrogen) atoms. The van der Waals surface area contributed by atoms with E-state index in [1.54, 1.807) is 6.08 Å². The van der Waals surface area contributed by atoms with Gasteiger partial charge in [-0.2, -0.15) is 0 Å². The van der Waals surface area contributed by atoms with Crippen molar-refractivity contribution in [1.29, 1.82) is 0 Å². The van der Waals surface area contributed by atoms with Crippen LogP contribution in [0.25, 0.3) is 0 Å². The second-order valence-corrected chi connectivity index (χ2v) is 1.84. The van der Waals surface area contributed by atoms with Crippen LogP contribution in [0.1, 0.15) is 13.3 Å². The monoisotopic (exact) mass is 138 g/mol. The van der Waals surface area contributed by atoms with Crippen LogP contribution >= 0.6 is 0 Å². The summed E-state index contributed by atoms with van der Waals surface area (Å²) in [6.07, 6.45) is 12.5. The molecule has 0 amide bonds.